The molecule has 0 unspecified atom stereocenters. The van der Waals surface area contributed by atoms with E-state index in [4.69, 9.17) is 0 Å². The summed E-state index contributed by atoms with van der Waals surface area (Å²) >= 11 is 0. The Kier molecular flexibility index (Phi) is 6.30. The van der Waals surface area contributed by atoms with Gasteiger partial charge in [0, 0.05) is 19.0 Å². The quantitative estimate of drug-likeness (QED) is 0.596. The van der Waals surface area contributed by atoms with Gasteiger partial charge in [0.25, 0.3) is 10.0 Å². The van der Waals surface area contributed by atoms with Crippen molar-refractivity contribution in [2.75, 3.05) is 13.1 Å². The minimum atomic E-state index is -4.03. The van der Waals surface area contributed by atoms with Crippen molar-refractivity contribution < 1.29 is 21.6 Å². The van der Waals surface area contributed by atoms with Crippen LogP contribution in [0.25, 0.3) is 10.8 Å². The molecule has 9 heteroatoms. The van der Waals surface area contributed by atoms with Gasteiger partial charge in [0.1, 0.15) is 0 Å². The van der Waals surface area contributed by atoms with Crippen molar-refractivity contribution in [3.05, 3.63) is 71.8 Å². The van der Waals surface area contributed by atoms with Crippen molar-refractivity contribution in [1.29, 1.82) is 0 Å². The maximum Gasteiger partial charge on any atom is 0.264 e. The highest BCUT2D eigenvalue weighted by Crippen LogP contribution is 2.27. The number of nitrogens with one attached hydrogen (secondary N) is 1. The van der Waals surface area contributed by atoms with Gasteiger partial charge in [-0.3, -0.25) is 4.79 Å². The number of benzene rings is 3. The molecule has 1 aliphatic heterocycles. The lowest BCUT2D eigenvalue weighted by Gasteiger charge is -2.30. The number of aryl methyl sites for hydroxylation is 2. The van der Waals surface area contributed by atoms with Crippen molar-refractivity contribution >= 4 is 36.7 Å². The first kappa shape index (κ1) is 23.4. The Hall–Kier alpha value is -2.75. The molecule has 3 aromatic rings. The molecule has 1 N–H and O–H groups in total. The van der Waals surface area contributed by atoms with E-state index in [0.29, 0.717) is 5.56 Å². The number of amides is 1. The van der Waals surface area contributed by atoms with Gasteiger partial charge in [0.2, 0.25) is 15.9 Å². The molecule has 0 saturated carbocycles. The standard InChI is InChI=1S/C24H26N2O5S2/c1-17-7-10-23(18(2)15-17)33(30,31)26-13-11-20(12-14-26)24(27)25-32(28,29)22-9-8-19-5-3-4-6-21(19)16-22/h3-10,15-16,20H,11-14H2,1-2H3,(H,25,27). The molecular weight excluding hydrogens is 460 g/mol. The third kappa shape index (κ3) is 4.80. The van der Waals surface area contributed by atoms with Crippen LogP contribution < -0.4 is 4.72 Å². The van der Waals surface area contributed by atoms with Crippen LogP contribution in [0.3, 0.4) is 0 Å². The van der Waals surface area contributed by atoms with Crippen LogP contribution in [0.4, 0.5) is 0 Å². The molecule has 1 amide bonds. The maximum absolute atomic E-state index is 13.0. The van der Waals surface area contributed by atoms with Gasteiger partial charge < -0.3 is 0 Å². The zero-order chi connectivity index (χ0) is 23.8. The maximum atomic E-state index is 13.0. The first-order valence-corrected chi connectivity index (χ1v) is 13.6. The second-order valence-electron chi connectivity index (χ2n) is 8.43. The summed E-state index contributed by atoms with van der Waals surface area (Å²) in [6.07, 6.45) is 0.506. The fourth-order valence-electron chi connectivity index (χ4n) is 4.20. The molecule has 0 spiro atoms. The molecule has 1 aliphatic rings. The minimum Gasteiger partial charge on any atom is -0.274 e. The van der Waals surface area contributed by atoms with Gasteiger partial charge in [-0.1, -0.05) is 48.0 Å². The molecule has 0 aromatic heterocycles. The Labute approximate surface area is 194 Å². The topological polar surface area (TPSA) is 101 Å². The number of carbonyl (C=O) groups excluding carboxylic acids is 1. The lowest BCUT2D eigenvalue weighted by atomic mass is 9.98. The second kappa shape index (κ2) is 8.89. The largest absolute Gasteiger partial charge is 0.274 e. The summed E-state index contributed by atoms with van der Waals surface area (Å²) in [6.45, 7) is 3.98. The van der Waals surface area contributed by atoms with Crippen LogP contribution in [0, 0.1) is 19.8 Å². The highest BCUT2D eigenvalue weighted by Gasteiger charge is 2.34. The first-order chi connectivity index (χ1) is 15.6. The van der Waals surface area contributed by atoms with Gasteiger partial charge in [0.15, 0.2) is 0 Å². The Bertz CT molecular complexity index is 1420. The van der Waals surface area contributed by atoms with Crippen LogP contribution in [0.15, 0.2) is 70.5 Å². The van der Waals surface area contributed by atoms with E-state index in [2.05, 4.69) is 4.72 Å². The van der Waals surface area contributed by atoms with Crippen LogP contribution in [0.5, 0.6) is 0 Å². The summed E-state index contributed by atoms with van der Waals surface area (Å²) in [4.78, 5) is 13.0. The Morgan fingerprint density at radius 2 is 1.55 bits per heavy atom. The van der Waals surface area contributed by atoms with Crippen LogP contribution >= 0.6 is 0 Å². The van der Waals surface area contributed by atoms with Gasteiger partial charge >= 0.3 is 0 Å². The van der Waals surface area contributed by atoms with Gasteiger partial charge in [-0.15, -0.1) is 0 Å². The fraction of sp³-hybridized carbons (Fsp3) is 0.292. The number of rotatable bonds is 5. The van der Waals surface area contributed by atoms with Crippen LogP contribution in [0.1, 0.15) is 24.0 Å². The van der Waals surface area contributed by atoms with Gasteiger partial charge in [-0.05, 0) is 61.2 Å². The lowest BCUT2D eigenvalue weighted by Crippen LogP contribution is -2.44. The molecule has 4 rings (SSSR count). The molecule has 0 aliphatic carbocycles. The number of piperidine rings is 1. The van der Waals surface area contributed by atoms with Gasteiger partial charge in [-0.25, -0.2) is 21.6 Å². The number of hydrogen-bond acceptors (Lipinski definition) is 5. The molecule has 1 heterocycles. The number of nitrogens with zero attached hydrogens (tertiary/aromatic N) is 1. The summed E-state index contributed by atoms with van der Waals surface area (Å²) in [5.41, 5.74) is 1.66. The van der Waals surface area contributed by atoms with Gasteiger partial charge in [0.05, 0.1) is 9.79 Å². The van der Waals surface area contributed by atoms with Crippen molar-refractivity contribution in [1.82, 2.24) is 9.03 Å². The number of carbonyl (C=O) groups is 1. The molecule has 1 fully saturated rings. The average Bonchev–Trinajstić information content (AvgIpc) is 2.78. The summed E-state index contributed by atoms with van der Waals surface area (Å²) in [5.74, 6) is -1.18. The van der Waals surface area contributed by atoms with E-state index in [1.165, 1.54) is 16.4 Å². The molecule has 0 radical (unpaired) electrons. The number of hydrogen-bond donors (Lipinski definition) is 1. The van der Waals surface area contributed by atoms with E-state index >= 15 is 0 Å². The average molecular weight is 487 g/mol. The summed E-state index contributed by atoms with van der Waals surface area (Å²) in [6, 6.07) is 17.3. The minimum absolute atomic E-state index is 0.0180. The van der Waals surface area contributed by atoms with E-state index < -0.39 is 31.9 Å². The Morgan fingerprint density at radius 1 is 0.879 bits per heavy atom. The summed E-state index contributed by atoms with van der Waals surface area (Å²) in [7, 11) is -7.70. The van der Waals surface area contributed by atoms with Crippen molar-refractivity contribution in [3.8, 4) is 0 Å². The highest BCUT2D eigenvalue weighted by atomic mass is 32.2. The molecule has 3 aromatic carbocycles. The molecule has 33 heavy (non-hydrogen) atoms. The third-order valence-corrected chi connectivity index (χ3v) is 9.44. The van der Waals surface area contributed by atoms with Crippen LogP contribution in [-0.4, -0.2) is 40.1 Å². The highest BCUT2D eigenvalue weighted by molar-refractivity contribution is 7.90. The molecule has 0 bridgehead atoms. The first-order valence-electron chi connectivity index (χ1n) is 10.7. The Morgan fingerprint density at radius 3 is 2.21 bits per heavy atom. The zero-order valence-electron chi connectivity index (χ0n) is 18.5. The molecular formula is C24H26N2O5S2. The number of fused-ring (bicyclic) bond motifs is 1. The van der Waals surface area contributed by atoms with Crippen molar-refractivity contribution in [3.63, 3.8) is 0 Å². The SMILES string of the molecule is Cc1ccc(S(=O)(=O)N2CCC(C(=O)NS(=O)(=O)c3ccc4ccccc4c3)CC2)c(C)c1. The van der Waals surface area contributed by atoms with E-state index in [1.807, 2.05) is 37.3 Å². The smallest absolute Gasteiger partial charge is 0.264 e. The predicted molar refractivity (Wildman–Crippen MR) is 127 cm³/mol. The molecule has 174 valence electrons. The molecule has 1 saturated heterocycles. The molecule has 7 nitrogen and oxygen atoms in total. The normalized spacial score (nSPS) is 16.1. The second-order valence-corrected chi connectivity index (χ2v) is 12.0. The van der Waals surface area contributed by atoms with Crippen LogP contribution in [-0.2, 0) is 24.8 Å². The van der Waals surface area contributed by atoms with Crippen molar-refractivity contribution in [2.24, 2.45) is 5.92 Å². The third-order valence-electron chi connectivity index (χ3n) is 6.04. The summed E-state index contributed by atoms with van der Waals surface area (Å²) < 4.78 is 55.2. The summed E-state index contributed by atoms with van der Waals surface area (Å²) in [5, 5.41) is 1.66. The van der Waals surface area contributed by atoms with Crippen molar-refractivity contribution in [2.45, 2.75) is 36.5 Å². The van der Waals surface area contributed by atoms with E-state index in [1.54, 1.807) is 25.1 Å². The number of sulfonamides is 2. The monoisotopic (exact) mass is 486 g/mol. The van der Waals surface area contributed by atoms with E-state index in [-0.39, 0.29) is 35.7 Å². The zero-order valence-corrected chi connectivity index (χ0v) is 20.1. The van der Waals surface area contributed by atoms with E-state index in [9.17, 15) is 21.6 Å². The molecule has 0 atom stereocenters. The van der Waals surface area contributed by atoms with Crippen LogP contribution in [0.2, 0.25) is 0 Å². The Balaban J connectivity index is 1.43. The van der Waals surface area contributed by atoms with E-state index in [0.717, 1.165) is 16.3 Å². The lowest BCUT2D eigenvalue weighted by molar-refractivity contribution is -0.124. The van der Waals surface area contributed by atoms with Gasteiger partial charge in [-0.2, -0.15) is 4.31 Å². The fourth-order valence-corrected chi connectivity index (χ4v) is 6.95. The predicted octanol–water partition coefficient (Wildman–Crippen LogP) is 3.36.